The minimum Gasteiger partial charge on any atom is -0.443 e. The smallest absolute Gasteiger partial charge is 0.415 e. The molecule has 0 aliphatic carbocycles. The highest BCUT2D eigenvalue weighted by molar-refractivity contribution is 5.88. The summed E-state index contributed by atoms with van der Waals surface area (Å²) in [6, 6.07) is 7.60. The molecule has 0 aliphatic heterocycles. The first-order valence-electron chi connectivity index (χ1n) is 5.84. The van der Waals surface area contributed by atoms with Crippen molar-refractivity contribution >= 4 is 11.8 Å². The van der Waals surface area contributed by atoms with Crippen LogP contribution in [-0.2, 0) is 4.74 Å². The van der Waals surface area contributed by atoms with E-state index in [1.54, 1.807) is 0 Å². The predicted octanol–water partition coefficient (Wildman–Crippen LogP) is 3.37. The van der Waals surface area contributed by atoms with Gasteiger partial charge in [0.2, 0.25) is 0 Å². The van der Waals surface area contributed by atoms with E-state index in [0.29, 0.717) is 0 Å². The molecule has 0 spiro atoms. The molecule has 1 aromatic rings. The van der Waals surface area contributed by atoms with Crippen molar-refractivity contribution in [1.29, 1.82) is 0 Å². The van der Waals surface area contributed by atoms with Crippen molar-refractivity contribution in [3.05, 3.63) is 29.8 Å². The summed E-state index contributed by atoms with van der Waals surface area (Å²) in [5, 5.41) is 0. The van der Waals surface area contributed by atoms with Gasteiger partial charge < -0.3 is 4.74 Å². The fourth-order valence-corrected chi connectivity index (χ4v) is 1.47. The highest BCUT2D eigenvalue weighted by atomic mass is 16.6. The lowest BCUT2D eigenvalue weighted by Crippen LogP contribution is -2.37. The standard InChI is InChI=1S/C15H19NO2/c1-6-10-16(14(17)18-15(3,4)5)13-9-7-8-12(2)11-13/h1,7-9,11H,10H2,2-5H3. The molecule has 0 bridgehead atoms. The molecular formula is C15H19NO2. The Morgan fingerprint density at radius 1 is 1.44 bits per heavy atom. The second-order valence-corrected chi connectivity index (χ2v) is 5.11. The number of amides is 1. The number of aryl methyl sites for hydroxylation is 1. The van der Waals surface area contributed by atoms with Gasteiger partial charge in [0.05, 0.1) is 6.54 Å². The molecule has 0 unspecified atom stereocenters. The maximum Gasteiger partial charge on any atom is 0.415 e. The van der Waals surface area contributed by atoms with Crippen molar-refractivity contribution in [1.82, 2.24) is 0 Å². The van der Waals surface area contributed by atoms with Crippen LogP contribution in [0.5, 0.6) is 0 Å². The van der Waals surface area contributed by atoms with Gasteiger partial charge in [-0.05, 0) is 45.4 Å². The lowest BCUT2D eigenvalue weighted by molar-refractivity contribution is 0.0585. The third-order valence-electron chi connectivity index (χ3n) is 2.18. The van der Waals surface area contributed by atoms with Crippen molar-refractivity contribution in [2.24, 2.45) is 0 Å². The Bertz CT molecular complexity index is 466. The van der Waals surface area contributed by atoms with E-state index >= 15 is 0 Å². The van der Waals surface area contributed by atoms with E-state index in [-0.39, 0.29) is 6.54 Å². The number of anilines is 1. The zero-order valence-corrected chi connectivity index (χ0v) is 11.4. The zero-order chi connectivity index (χ0) is 13.8. The second kappa shape index (κ2) is 5.59. The molecule has 0 fully saturated rings. The number of hydrogen-bond donors (Lipinski definition) is 0. The van der Waals surface area contributed by atoms with Crippen molar-refractivity contribution in [3.63, 3.8) is 0 Å². The Morgan fingerprint density at radius 2 is 2.11 bits per heavy atom. The lowest BCUT2D eigenvalue weighted by atomic mass is 10.2. The number of rotatable bonds is 2. The maximum absolute atomic E-state index is 12.1. The highest BCUT2D eigenvalue weighted by Gasteiger charge is 2.22. The van der Waals surface area contributed by atoms with Gasteiger partial charge in [-0.1, -0.05) is 18.1 Å². The second-order valence-electron chi connectivity index (χ2n) is 5.11. The molecule has 0 aliphatic rings. The summed E-state index contributed by atoms with van der Waals surface area (Å²) in [6.45, 7) is 7.64. The molecule has 1 amide bonds. The number of benzene rings is 1. The fraction of sp³-hybridized carbons (Fsp3) is 0.400. The molecule has 3 heteroatoms. The number of ether oxygens (including phenoxy) is 1. The van der Waals surface area contributed by atoms with Gasteiger partial charge in [-0.15, -0.1) is 6.42 Å². The number of hydrogen-bond acceptors (Lipinski definition) is 2. The topological polar surface area (TPSA) is 29.5 Å². The monoisotopic (exact) mass is 245 g/mol. The van der Waals surface area contributed by atoms with Crippen LogP contribution in [-0.4, -0.2) is 18.2 Å². The molecule has 0 N–H and O–H groups in total. The van der Waals surface area contributed by atoms with Gasteiger partial charge in [-0.2, -0.15) is 0 Å². The third-order valence-corrected chi connectivity index (χ3v) is 2.18. The molecule has 1 aromatic carbocycles. The lowest BCUT2D eigenvalue weighted by Gasteiger charge is -2.26. The Hall–Kier alpha value is -1.95. The molecular weight excluding hydrogens is 226 g/mol. The van der Waals surface area contributed by atoms with Crippen LogP contribution in [0.1, 0.15) is 26.3 Å². The average molecular weight is 245 g/mol. The summed E-state index contributed by atoms with van der Waals surface area (Å²) in [5.41, 5.74) is 1.29. The van der Waals surface area contributed by atoms with Gasteiger partial charge in [0.15, 0.2) is 0 Å². The van der Waals surface area contributed by atoms with E-state index in [1.165, 1.54) is 4.90 Å². The quantitative estimate of drug-likeness (QED) is 0.748. The molecule has 18 heavy (non-hydrogen) atoms. The molecule has 0 saturated carbocycles. The van der Waals surface area contributed by atoms with E-state index in [0.717, 1.165) is 11.3 Å². The Balaban J connectivity index is 2.96. The summed E-state index contributed by atoms with van der Waals surface area (Å²) >= 11 is 0. The van der Waals surface area contributed by atoms with E-state index in [4.69, 9.17) is 11.2 Å². The van der Waals surface area contributed by atoms with Crippen LogP contribution >= 0.6 is 0 Å². The van der Waals surface area contributed by atoms with Crippen LogP contribution in [0.15, 0.2) is 24.3 Å². The van der Waals surface area contributed by atoms with E-state index < -0.39 is 11.7 Å². The summed E-state index contributed by atoms with van der Waals surface area (Å²) in [4.78, 5) is 13.5. The first kappa shape index (κ1) is 14.1. The van der Waals surface area contributed by atoms with Crippen LogP contribution in [0, 0.1) is 19.3 Å². The van der Waals surface area contributed by atoms with E-state index in [9.17, 15) is 4.79 Å². The number of nitrogens with zero attached hydrogens (tertiary/aromatic N) is 1. The van der Waals surface area contributed by atoms with Crippen LogP contribution in [0.4, 0.5) is 10.5 Å². The van der Waals surface area contributed by atoms with Gasteiger partial charge in [-0.25, -0.2) is 4.79 Å². The summed E-state index contributed by atoms with van der Waals surface area (Å²) < 4.78 is 5.34. The predicted molar refractivity (Wildman–Crippen MR) is 73.6 cm³/mol. The molecule has 0 atom stereocenters. The summed E-state index contributed by atoms with van der Waals surface area (Å²) in [5.74, 6) is 2.48. The number of terminal acetylenes is 1. The van der Waals surface area contributed by atoms with Gasteiger partial charge in [-0.3, -0.25) is 4.90 Å². The van der Waals surface area contributed by atoms with Gasteiger partial charge in [0.1, 0.15) is 5.60 Å². The van der Waals surface area contributed by atoms with Crippen LogP contribution in [0.3, 0.4) is 0 Å². The SMILES string of the molecule is C#CCN(C(=O)OC(C)(C)C)c1cccc(C)c1. The van der Waals surface area contributed by atoms with Gasteiger partial charge in [0.25, 0.3) is 0 Å². The van der Waals surface area contributed by atoms with Crippen molar-refractivity contribution in [2.45, 2.75) is 33.3 Å². The Labute approximate surface area is 109 Å². The van der Waals surface area contributed by atoms with E-state index in [1.807, 2.05) is 52.0 Å². The molecule has 0 radical (unpaired) electrons. The molecule has 3 nitrogen and oxygen atoms in total. The van der Waals surface area contributed by atoms with Crippen LogP contribution < -0.4 is 4.90 Å². The van der Waals surface area contributed by atoms with Crippen molar-refractivity contribution in [2.75, 3.05) is 11.4 Å². The fourth-order valence-electron chi connectivity index (χ4n) is 1.47. The Morgan fingerprint density at radius 3 is 2.61 bits per heavy atom. The molecule has 0 aromatic heterocycles. The molecule has 0 heterocycles. The zero-order valence-electron chi connectivity index (χ0n) is 11.4. The number of carbonyl (C=O) groups excluding carboxylic acids is 1. The largest absolute Gasteiger partial charge is 0.443 e. The molecule has 0 saturated heterocycles. The first-order chi connectivity index (χ1) is 8.33. The van der Waals surface area contributed by atoms with Crippen molar-refractivity contribution < 1.29 is 9.53 Å². The molecule has 1 rings (SSSR count). The minimum absolute atomic E-state index is 0.193. The van der Waals surface area contributed by atoms with E-state index in [2.05, 4.69) is 5.92 Å². The normalized spacial score (nSPS) is 10.6. The molecule has 96 valence electrons. The third kappa shape index (κ3) is 4.14. The van der Waals surface area contributed by atoms with Crippen LogP contribution in [0.2, 0.25) is 0 Å². The first-order valence-corrected chi connectivity index (χ1v) is 5.84. The van der Waals surface area contributed by atoms with Gasteiger partial charge >= 0.3 is 6.09 Å². The Kier molecular flexibility index (Phi) is 4.38. The number of carbonyl (C=O) groups is 1. The highest BCUT2D eigenvalue weighted by Crippen LogP contribution is 2.19. The average Bonchev–Trinajstić information content (AvgIpc) is 2.23. The van der Waals surface area contributed by atoms with Crippen LogP contribution in [0.25, 0.3) is 0 Å². The van der Waals surface area contributed by atoms with Gasteiger partial charge in [0, 0.05) is 5.69 Å². The summed E-state index contributed by atoms with van der Waals surface area (Å²) in [7, 11) is 0. The summed E-state index contributed by atoms with van der Waals surface area (Å²) in [6.07, 6.45) is 4.88. The van der Waals surface area contributed by atoms with Crippen molar-refractivity contribution in [3.8, 4) is 12.3 Å². The minimum atomic E-state index is -0.534. The maximum atomic E-state index is 12.1.